The number of aliphatic hydroxyl groups is 1. The zero-order chi connectivity index (χ0) is 13.1. The van der Waals surface area contributed by atoms with E-state index in [-0.39, 0.29) is 0 Å². The van der Waals surface area contributed by atoms with Gasteiger partial charge in [0.05, 0.1) is 5.60 Å². The molecule has 0 fully saturated rings. The third kappa shape index (κ3) is 4.40. The van der Waals surface area contributed by atoms with Crippen molar-refractivity contribution in [2.45, 2.75) is 24.6 Å². The van der Waals surface area contributed by atoms with Crippen molar-refractivity contribution in [2.24, 2.45) is 0 Å². The van der Waals surface area contributed by atoms with Crippen LogP contribution in [-0.4, -0.2) is 47.6 Å². The quantitative estimate of drug-likeness (QED) is 0.614. The van der Waals surface area contributed by atoms with Crippen LogP contribution < -0.4 is 10.2 Å². The second-order valence-electron chi connectivity index (χ2n) is 4.52. The van der Waals surface area contributed by atoms with Gasteiger partial charge < -0.3 is 15.3 Å². The fourth-order valence-corrected chi connectivity index (χ4v) is 1.86. The lowest BCUT2D eigenvalue weighted by atomic mass is 10.1. The Labute approximate surface area is 107 Å². The first-order chi connectivity index (χ1) is 7.85. The molecule has 5 nitrogen and oxygen atoms in total. The number of anilines is 2. The molecule has 0 amide bonds. The molecule has 0 aliphatic rings. The van der Waals surface area contributed by atoms with Crippen LogP contribution in [0.25, 0.3) is 0 Å². The summed E-state index contributed by atoms with van der Waals surface area (Å²) in [5.74, 6) is 1.58. The van der Waals surface area contributed by atoms with Crippen LogP contribution in [0.5, 0.6) is 0 Å². The molecule has 2 N–H and O–H groups in total. The first kappa shape index (κ1) is 14.1. The van der Waals surface area contributed by atoms with Crippen LogP contribution in [0.1, 0.15) is 13.8 Å². The number of rotatable bonds is 5. The van der Waals surface area contributed by atoms with E-state index in [1.807, 2.05) is 31.3 Å². The molecule has 17 heavy (non-hydrogen) atoms. The second kappa shape index (κ2) is 5.55. The molecule has 0 unspecified atom stereocenters. The third-order valence-corrected chi connectivity index (χ3v) is 2.69. The summed E-state index contributed by atoms with van der Waals surface area (Å²) in [7, 11) is 3.73. The van der Waals surface area contributed by atoms with Crippen molar-refractivity contribution in [3.63, 3.8) is 0 Å². The van der Waals surface area contributed by atoms with Gasteiger partial charge in [0, 0.05) is 26.7 Å². The maximum absolute atomic E-state index is 9.80. The molecule has 0 atom stereocenters. The van der Waals surface area contributed by atoms with Crippen molar-refractivity contribution in [2.75, 3.05) is 37.1 Å². The minimum atomic E-state index is -0.751. The van der Waals surface area contributed by atoms with Crippen LogP contribution in [0.4, 0.5) is 11.6 Å². The van der Waals surface area contributed by atoms with E-state index in [0.717, 1.165) is 16.8 Å². The first-order valence-corrected chi connectivity index (χ1v) is 6.62. The molecule has 6 heteroatoms. The topological polar surface area (TPSA) is 61.3 Å². The van der Waals surface area contributed by atoms with Crippen molar-refractivity contribution in [3.05, 3.63) is 6.07 Å². The zero-order valence-electron chi connectivity index (χ0n) is 11.0. The predicted octanol–water partition coefficient (Wildman–Crippen LogP) is 1.45. The van der Waals surface area contributed by atoms with Crippen molar-refractivity contribution in [3.8, 4) is 0 Å². The van der Waals surface area contributed by atoms with Gasteiger partial charge in [-0.1, -0.05) is 11.8 Å². The summed E-state index contributed by atoms with van der Waals surface area (Å²) < 4.78 is 0. The van der Waals surface area contributed by atoms with E-state index in [0.29, 0.717) is 6.54 Å². The second-order valence-corrected chi connectivity index (χ2v) is 5.29. The monoisotopic (exact) mass is 256 g/mol. The summed E-state index contributed by atoms with van der Waals surface area (Å²) >= 11 is 1.50. The van der Waals surface area contributed by atoms with E-state index < -0.39 is 5.60 Å². The summed E-state index contributed by atoms with van der Waals surface area (Å²) in [6.45, 7) is 4.07. The summed E-state index contributed by atoms with van der Waals surface area (Å²) in [6.07, 6.45) is 1.94. The number of hydrogen-bond donors (Lipinski definition) is 2. The minimum Gasteiger partial charge on any atom is -0.389 e. The Balaban J connectivity index is 2.96. The molecular formula is C11H20N4OS. The van der Waals surface area contributed by atoms with Crippen LogP contribution in [0.3, 0.4) is 0 Å². The fourth-order valence-electron chi connectivity index (χ4n) is 1.49. The van der Waals surface area contributed by atoms with Gasteiger partial charge in [-0.15, -0.1) is 0 Å². The zero-order valence-corrected chi connectivity index (χ0v) is 11.8. The van der Waals surface area contributed by atoms with E-state index in [2.05, 4.69) is 15.3 Å². The Morgan fingerprint density at radius 3 is 2.59 bits per heavy atom. The molecule has 1 aromatic rings. The summed E-state index contributed by atoms with van der Waals surface area (Å²) in [6, 6.07) is 1.87. The Morgan fingerprint density at radius 1 is 1.47 bits per heavy atom. The normalized spacial score (nSPS) is 11.4. The van der Waals surface area contributed by atoms with E-state index in [9.17, 15) is 5.11 Å². The van der Waals surface area contributed by atoms with Gasteiger partial charge >= 0.3 is 0 Å². The lowest BCUT2D eigenvalue weighted by Crippen LogP contribution is -2.36. The lowest BCUT2D eigenvalue weighted by Gasteiger charge is -2.26. The molecule has 1 heterocycles. The molecule has 1 rings (SSSR count). The summed E-state index contributed by atoms with van der Waals surface area (Å²) in [5, 5.41) is 13.5. The highest BCUT2D eigenvalue weighted by molar-refractivity contribution is 7.98. The highest BCUT2D eigenvalue weighted by atomic mass is 32.2. The number of aromatic nitrogens is 2. The van der Waals surface area contributed by atoms with Crippen LogP contribution in [0.15, 0.2) is 11.2 Å². The lowest BCUT2D eigenvalue weighted by molar-refractivity contribution is 0.0884. The highest BCUT2D eigenvalue weighted by Gasteiger charge is 2.17. The number of nitrogens with one attached hydrogen (secondary N) is 1. The van der Waals surface area contributed by atoms with Gasteiger partial charge in [-0.05, 0) is 20.1 Å². The number of thioether (sulfide) groups is 1. The maximum atomic E-state index is 9.80. The smallest absolute Gasteiger partial charge is 0.191 e. The summed E-state index contributed by atoms with van der Waals surface area (Å²) in [4.78, 5) is 10.6. The van der Waals surface area contributed by atoms with Crippen molar-refractivity contribution in [1.82, 2.24) is 9.97 Å². The highest BCUT2D eigenvalue weighted by Crippen LogP contribution is 2.20. The van der Waals surface area contributed by atoms with Gasteiger partial charge in [-0.3, -0.25) is 0 Å². The standard InChI is InChI=1S/C11H20N4OS/c1-11(2,16)7-15(4)9-6-8(12-3)13-10(14-9)17-5/h6,16H,7H2,1-5H3,(H,12,13,14). The predicted molar refractivity (Wildman–Crippen MR) is 72.9 cm³/mol. The SMILES string of the molecule is CNc1cc(N(C)CC(C)(C)O)nc(SC)n1. The van der Waals surface area contributed by atoms with E-state index >= 15 is 0 Å². The van der Waals surface area contributed by atoms with E-state index in [1.165, 1.54) is 11.8 Å². The van der Waals surface area contributed by atoms with Crippen molar-refractivity contribution >= 4 is 23.4 Å². The molecule has 0 saturated carbocycles. The Bertz CT molecular complexity index is 356. The van der Waals surface area contributed by atoms with Gasteiger partial charge in [-0.2, -0.15) is 0 Å². The van der Waals surface area contributed by atoms with E-state index in [4.69, 9.17) is 0 Å². The molecule has 1 aromatic heterocycles. The van der Waals surface area contributed by atoms with Gasteiger partial charge in [0.2, 0.25) is 0 Å². The molecule has 96 valence electrons. The van der Waals surface area contributed by atoms with Gasteiger partial charge in [0.25, 0.3) is 0 Å². The third-order valence-electron chi connectivity index (χ3n) is 2.15. The molecule has 0 bridgehead atoms. The van der Waals surface area contributed by atoms with Crippen molar-refractivity contribution in [1.29, 1.82) is 0 Å². The Hall–Kier alpha value is -1.01. The van der Waals surface area contributed by atoms with E-state index in [1.54, 1.807) is 13.8 Å². The first-order valence-electron chi connectivity index (χ1n) is 5.40. The number of nitrogens with zero attached hydrogens (tertiary/aromatic N) is 3. The molecular weight excluding hydrogens is 236 g/mol. The van der Waals surface area contributed by atoms with Crippen molar-refractivity contribution < 1.29 is 5.11 Å². The maximum Gasteiger partial charge on any atom is 0.191 e. The summed E-state index contributed by atoms with van der Waals surface area (Å²) in [5.41, 5.74) is -0.751. The molecule has 0 radical (unpaired) electrons. The fraction of sp³-hybridized carbons (Fsp3) is 0.636. The van der Waals surface area contributed by atoms with Gasteiger partial charge in [0.15, 0.2) is 5.16 Å². The van der Waals surface area contributed by atoms with Crippen LogP contribution >= 0.6 is 11.8 Å². The Kier molecular flexibility index (Phi) is 4.59. The average molecular weight is 256 g/mol. The largest absolute Gasteiger partial charge is 0.389 e. The van der Waals surface area contributed by atoms with Crippen LogP contribution in [0.2, 0.25) is 0 Å². The molecule has 0 aliphatic heterocycles. The number of hydrogen-bond acceptors (Lipinski definition) is 6. The van der Waals surface area contributed by atoms with Crippen LogP contribution in [0, 0.1) is 0 Å². The molecule has 0 saturated heterocycles. The minimum absolute atomic E-state index is 0.515. The number of likely N-dealkylation sites (N-methyl/N-ethyl adjacent to an activating group) is 1. The van der Waals surface area contributed by atoms with Gasteiger partial charge in [-0.25, -0.2) is 9.97 Å². The Morgan fingerprint density at radius 2 is 2.12 bits per heavy atom. The van der Waals surface area contributed by atoms with Crippen LogP contribution in [-0.2, 0) is 0 Å². The molecule has 0 aliphatic carbocycles. The van der Waals surface area contributed by atoms with Gasteiger partial charge in [0.1, 0.15) is 11.6 Å². The average Bonchev–Trinajstić information content (AvgIpc) is 2.26. The molecule has 0 aromatic carbocycles. The molecule has 0 spiro atoms.